The molecule has 108 valence electrons. The van der Waals surface area contributed by atoms with Crippen LogP contribution in [0.1, 0.15) is 34.9 Å². The van der Waals surface area contributed by atoms with Crippen molar-refractivity contribution in [3.63, 3.8) is 0 Å². The molecule has 0 fully saturated rings. The van der Waals surface area contributed by atoms with Gasteiger partial charge < -0.3 is 5.32 Å². The third-order valence-electron chi connectivity index (χ3n) is 3.13. The van der Waals surface area contributed by atoms with Gasteiger partial charge in [0.05, 0.1) is 11.1 Å². The maximum absolute atomic E-state index is 12.4. The lowest BCUT2D eigenvalue weighted by Gasteiger charge is -2.23. The lowest BCUT2D eigenvalue weighted by Crippen LogP contribution is -2.41. The molecule has 0 spiro atoms. The molecular formula is C14H15N5OS. The Morgan fingerprint density at radius 1 is 1.38 bits per heavy atom. The average molecular weight is 301 g/mol. The van der Waals surface area contributed by atoms with Crippen LogP contribution in [0, 0.1) is 6.92 Å². The Morgan fingerprint density at radius 2 is 2.19 bits per heavy atom. The normalized spacial score (nSPS) is 11.8. The van der Waals surface area contributed by atoms with Crippen molar-refractivity contribution in [2.45, 2.75) is 26.3 Å². The molecule has 0 bridgehead atoms. The Bertz CT molecular complexity index is 804. The summed E-state index contributed by atoms with van der Waals surface area (Å²) in [6.45, 7) is 5.83. The number of hydrogen-bond donors (Lipinski definition) is 1. The van der Waals surface area contributed by atoms with Crippen molar-refractivity contribution >= 4 is 22.9 Å². The van der Waals surface area contributed by atoms with E-state index in [0.29, 0.717) is 11.2 Å². The second kappa shape index (κ2) is 4.92. The van der Waals surface area contributed by atoms with Crippen molar-refractivity contribution in [3.05, 3.63) is 46.3 Å². The zero-order valence-corrected chi connectivity index (χ0v) is 12.8. The van der Waals surface area contributed by atoms with E-state index in [1.807, 2.05) is 26.2 Å². The molecule has 1 N–H and O–H groups in total. The number of pyridine rings is 1. The molecule has 0 aliphatic carbocycles. The van der Waals surface area contributed by atoms with Gasteiger partial charge in [-0.15, -0.1) is 21.5 Å². The first kappa shape index (κ1) is 13.7. The summed E-state index contributed by atoms with van der Waals surface area (Å²) in [5.41, 5.74) is 1.71. The quantitative estimate of drug-likeness (QED) is 0.804. The molecule has 0 saturated carbocycles. The molecule has 0 saturated heterocycles. The van der Waals surface area contributed by atoms with E-state index in [1.54, 1.807) is 40.4 Å². The van der Waals surface area contributed by atoms with Crippen LogP contribution >= 0.6 is 11.3 Å². The zero-order chi connectivity index (χ0) is 15.0. The number of fused-ring (bicyclic) bond motifs is 1. The van der Waals surface area contributed by atoms with Crippen LogP contribution in [0.15, 0.2) is 30.0 Å². The van der Waals surface area contributed by atoms with E-state index in [-0.39, 0.29) is 5.91 Å². The number of carbonyl (C=O) groups is 1. The lowest BCUT2D eigenvalue weighted by molar-refractivity contribution is 0.0911. The van der Waals surface area contributed by atoms with Gasteiger partial charge in [0.1, 0.15) is 11.3 Å². The highest BCUT2D eigenvalue weighted by molar-refractivity contribution is 7.09. The number of aromatic nitrogens is 4. The number of rotatable bonds is 3. The van der Waals surface area contributed by atoms with Gasteiger partial charge in [-0.3, -0.25) is 9.20 Å². The topological polar surface area (TPSA) is 72.2 Å². The van der Waals surface area contributed by atoms with E-state index in [4.69, 9.17) is 0 Å². The molecule has 0 aliphatic rings. The molecule has 1 amide bonds. The van der Waals surface area contributed by atoms with Crippen LogP contribution in [-0.2, 0) is 5.54 Å². The number of amides is 1. The molecule has 3 aromatic heterocycles. The Morgan fingerprint density at radius 3 is 2.90 bits per heavy atom. The zero-order valence-electron chi connectivity index (χ0n) is 12.0. The molecule has 7 heteroatoms. The van der Waals surface area contributed by atoms with Gasteiger partial charge in [0, 0.05) is 17.3 Å². The molecule has 6 nitrogen and oxygen atoms in total. The number of aryl methyl sites for hydroxylation is 1. The second-order valence-electron chi connectivity index (χ2n) is 5.39. The van der Waals surface area contributed by atoms with Crippen molar-refractivity contribution in [1.29, 1.82) is 0 Å². The first-order chi connectivity index (χ1) is 9.95. The number of nitrogens with one attached hydrogen (secondary N) is 1. The van der Waals surface area contributed by atoms with Crippen LogP contribution in [0.5, 0.6) is 0 Å². The summed E-state index contributed by atoms with van der Waals surface area (Å²) in [5.74, 6) is -0.150. The molecule has 3 rings (SSSR count). The van der Waals surface area contributed by atoms with Gasteiger partial charge in [-0.05, 0) is 32.9 Å². The maximum atomic E-state index is 12.4. The van der Waals surface area contributed by atoms with Crippen LogP contribution in [0.25, 0.3) is 5.65 Å². The fraction of sp³-hybridized carbons (Fsp3) is 0.286. The Balaban J connectivity index is 1.84. The standard InChI is InChI=1S/C14H15N5OS/c1-9-7-21-13(16-9)14(2,3)17-12(20)10-4-5-11-18-15-8-19(11)6-10/h4-8H,1-3H3,(H,17,20). The number of carbonyl (C=O) groups excluding carboxylic acids is 1. The minimum atomic E-state index is -0.516. The van der Waals surface area contributed by atoms with E-state index >= 15 is 0 Å². The predicted octanol–water partition coefficient (Wildman–Crippen LogP) is 2.16. The Hall–Kier alpha value is -2.28. The molecule has 3 aromatic rings. The van der Waals surface area contributed by atoms with E-state index in [0.717, 1.165) is 10.7 Å². The van der Waals surface area contributed by atoms with Gasteiger partial charge in [0.25, 0.3) is 5.91 Å². The van der Waals surface area contributed by atoms with Gasteiger partial charge >= 0.3 is 0 Å². The molecule has 0 aromatic carbocycles. The first-order valence-electron chi connectivity index (χ1n) is 6.50. The van der Waals surface area contributed by atoms with Crippen LogP contribution in [0.4, 0.5) is 0 Å². The summed E-state index contributed by atoms with van der Waals surface area (Å²) in [7, 11) is 0. The van der Waals surface area contributed by atoms with Crippen molar-refractivity contribution in [1.82, 2.24) is 24.9 Å². The van der Waals surface area contributed by atoms with Crippen molar-refractivity contribution < 1.29 is 4.79 Å². The minimum Gasteiger partial charge on any atom is -0.341 e. The fourth-order valence-corrected chi connectivity index (χ4v) is 2.89. The van der Waals surface area contributed by atoms with Crippen LogP contribution in [-0.4, -0.2) is 25.5 Å². The van der Waals surface area contributed by atoms with Gasteiger partial charge in [0.15, 0.2) is 5.65 Å². The van der Waals surface area contributed by atoms with E-state index in [9.17, 15) is 4.79 Å². The summed E-state index contributed by atoms with van der Waals surface area (Å²) in [4.78, 5) is 16.9. The largest absolute Gasteiger partial charge is 0.341 e. The molecule has 0 atom stereocenters. The Labute approximate surface area is 125 Å². The van der Waals surface area contributed by atoms with Crippen molar-refractivity contribution in [2.75, 3.05) is 0 Å². The highest BCUT2D eigenvalue weighted by atomic mass is 32.1. The molecule has 21 heavy (non-hydrogen) atoms. The average Bonchev–Trinajstić information content (AvgIpc) is 3.05. The smallest absolute Gasteiger partial charge is 0.253 e. The summed E-state index contributed by atoms with van der Waals surface area (Å²) in [6.07, 6.45) is 3.29. The van der Waals surface area contributed by atoms with Gasteiger partial charge in [-0.1, -0.05) is 0 Å². The van der Waals surface area contributed by atoms with Gasteiger partial charge in [-0.2, -0.15) is 0 Å². The third kappa shape index (κ3) is 2.64. The first-order valence-corrected chi connectivity index (χ1v) is 7.38. The maximum Gasteiger partial charge on any atom is 0.253 e. The number of nitrogens with zero attached hydrogens (tertiary/aromatic N) is 4. The summed E-state index contributed by atoms with van der Waals surface area (Å²) >= 11 is 1.55. The van der Waals surface area contributed by atoms with Crippen LogP contribution in [0.3, 0.4) is 0 Å². The third-order valence-corrected chi connectivity index (χ3v) is 4.42. The van der Waals surface area contributed by atoms with E-state index in [2.05, 4.69) is 20.5 Å². The fourth-order valence-electron chi connectivity index (χ4n) is 2.01. The van der Waals surface area contributed by atoms with Gasteiger partial charge in [-0.25, -0.2) is 4.98 Å². The summed E-state index contributed by atoms with van der Waals surface area (Å²) in [6, 6.07) is 3.50. The molecular weight excluding hydrogens is 286 g/mol. The molecule has 3 heterocycles. The second-order valence-corrected chi connectivity index (χ2v) is 6.25. The van der Waals surface area contributed by atoms with E-state index < -0.39 is 5.54 Å². The SMILES string of the molecule is Cc1csc(C(C)(C)NC(=O)c2ccc3nncn3c2)n1. The highest BCUT2D eigenvalue weighted by Gasteiger charge is 2.26. The minimum absolute atomic E-state index is 0.150. The lowest BCUT2D eigenvalue weighted by atomic mass is 10.1. The predicted molar refractivity (Wildman–Crippen MR) is 80.3 cm³/mol. The van der Waals surface area contributed by atoms with Crippen LogP contribution in [0.2, 0.25) is 0 Å². The Kier molecular flexibility index (Phi) is 3.21. The number of hydrogen-bond acceptors (Lipinski definition) is 5. The van der Waals surface area contributed by atoms with Crippen LogP contribution < -0.4 is 5.32 Å². The molecule has 0 aliphatic heterocycles. The summed E-state index contributed by atoms with van der Waals surface area (Å²) < 4.78 is 1.72. The monoisotopic (exact) mass is 301 g/mol. The van der Waals surface area contributed by atoms with Crippen molar-refractivity contribution in [3.8, 4) is 0 Å². The summed E-state index contributed by atoms with van der Waals surface area (Å²) in [5, 5.41) is 13.6. The molecule has 0 unspecified atom stereocenters. The van der Waals surface area contributed by atoms with E-state index in [1.165, 1.54) is 0 Å². The molecule has 0 radical (unpaired) electrons. The highest BCUT2D eigenvalue weighted by Crippen LogP contribution is 2.24. The van der Waals surface area contributed by atoms with Gasteiger partial charge in [0.2, 0.25) is 0 Å². The van der Waals surface area contributed by atoms with Crippen molar-refractivity contribution in [2.24, 2.45) is 0 Å². The number of thiazole rings is 1.